The van der Waals surface area contributed by atoms with Gasteiger partial charge in [0.15, 0.2) is 0 Å². The first-order valence-electron chi connectivity index (χ1n) is 11.5. The van der Waals surface area contributed by atoms with E-state index in [-0.39, 0.29) is 36.4 Å². The highest BCUT2D eigenvalue weighted by Gasteiger charge is 2.32. The zero-order chi connectivity index (χ0) is 24.7. The molecule has 5 nitrogen and oxygen atoms in total. The fourth-order valence-electron chi connectivity index (χ4n) is 4.13. The number of carbonyl (C=O) groups excluding carboxylic acids is 2. The van der Waals surface area contributed by atoms with Gasteiger partial charge in [0.2, 0.25) is 5.91 Å². The summed E-state index contributed by atoms with van der Waals surface area (Å²) in [6, 6.07) is 13.9. The minimum atomic E-state index is -4.45. The normalized spacial score (nSPS) is 16.0. The summed E-state index contributed by atoms with van der Waals surface area (Å²) in [6.45, 7) is 5.94. The lowest BCUT2D eigenvalue weighted by Gasteiger charge is -2.32. The van der Waals surface area contributed by atoms with E-state index in [0.717, 1.165) is 24.1 Å². The van der Waals surface area contributed by atoms with E-state index in [1.54, 1.807) is 4.90 Å². The first kappa shape index (κ1) is 25.7. The van der Waals surface area contributed by atoms with Crippen LogP contribution < -0.4 is 0 Å². The molecule has 0 aliphatic carbocycles. The molecule has 1 fully saturated rings. The standard InChI is InChI=1S/C26H31F3N2O3/c1-19(2)16-23(18-34-17-20-6-4-3-5-7-20)31-15-14-30(13-12-24(31)32)25(33)21-8-10-22(11-9-21)26(27,28)29/h3-11,19,23H,12-18H2,1-2H3/t23-/m0/s1. The van der Waals surface area contributed by atoms with Crippen LogP contribution in [0.2, 0.25) is 0 Å². The summed E-state index contributed by atoms with van der Waals surface area (Å²) in [5.41, 5.74) is 0.438. The quantitative estimate of drug-likeness (QED) is 0.538. The first-order chi connectivity index (χ1) is 16.1. The fraction of sp³-hybridized carbons (Fsp3) is 0.462. The molecule has 184 valence electrons. The molecule has 34 heavy (non-hydrogen) atoms. The van der Waals surface area contributed by atoms with Gasteiger partial charge in [-0.25, -0.2) is 0 Å². The Morgan fingerprint density at radius 2 is 1.68 bits per heavy atom. The highest BCUT2D eigenvalue weighted by Crippen LogP contribution is 2.29. The summed E-state index contributed by atoms with van der Waals surface area (Å²) < 4.78 is 44.4. The van der Waals surface area contributed by atoms with Crippen LogP contribution in [0.25, 0.3) is 0 Å². The van der Waals surface area contributed by atoms with Crippen molar-refractivity contribution in [3.63, 3.8) is 0 Å². The molecule has 8 heteroatoms. The lowest BCUT2D eigenvalue weighted by atomic mass is 10.0. The molecule has 1 aliphatic heterocycles. The SMILES string of the molecule is CC(C)C[C@@H](COCc1ccccc1)N1CCN(C(=O)c2ccc(C(F)(F)F)cc2)CCC1=O. The number of halogens is 3. The largest absolute Gasteiger partial charge is 0.416 e. The molecule has 3 rings (SSSR count). The van der Waals surface area contributed by atoms with E-state index in [9.17, 15) is 22.8 Å². The summed E-state index contributed by atoms with van der Waals surface area (Å²) in [4.78, 5) is 29.2. The second-order valence-electron chi connectivity index (χ2n) is 8.99. The van der Waals surface area contributed by atoms with Crippen LogP contribution in [0.15, 0.2) is 54.6 Å². The number of alkyl halides is 3. The van der Waals surface area contributed by atoms with Crippen molar-refractivity contribution in [2.24, 2.45) is 5.92 Å². The maximum atomic E-state index is 12.9. The summed E-state index contributed by atoms with van der Waals surface area (Å²) >= 11 is 0. The van der Waals surface area contributed by atoms with E-state index in [1.165, 1.54) is 17.0 Å². The average Bonchev–Trinajstić information content (AvgIpc) is 2.99. The van der Waals surface area contributed by atoms with Crippen LogP contribution in [-0.4, -0.2) is 53.9 Å². The van der Waals surface area contributed by atoms with Crippen LogP contribution in [-0.2, 0) is 22.3 Å². The molecule has 2 aromatic rings. The van der Waals surface area contributed by atoms with Gasteiger partial charge in [-0.3, -0.25) is 9.59 Å². The van der Waals surface area contributed by atoms with Crippen LogP contribution >= 0.6 is 0 Å². The predicted octanol–water partition coefficient (Wildman–Crippen LogP) is 5.01. The Labute approximate surface area is 198 Å². The van der Waals surface area contributed by atoms with Crippen LogP contribution in [0.5, 0.6) is 0 Å². The third-order valence-electron chi connectivity index (χ3n) is 5.88. The molecule has 1 saturated heterocycles. The van der Waals surface area contributed by atoms with Gasteiger partial charge in [0.05, 0.1) is 24.8 Å². The number of benzene rings is 2. The molecule has 1 atom stereocenters. The number of ether oxygens (including phenoxy) is 1. The summed E-state index contributed by atoms with van der Waals surface area (Å²) in [5, 5.41) is 0. The number of carbonyl (C=O) groups is 2. The van der Waals surface area contributed by atoms with Crippen molar-refractivity contribution in [2.75, 3.05) is 26.2 Å². The number of hydrogen-bond acceptors (Lipinski definition) is 3. The van der Waals surface area contributed by atoms with Gasteiger partial charge in [-0.1, -0.05) is 44.2 Å². The molecule has 0 radical (unpaired) electrons. The van der Waals surface area contributed by atoms with Crippen LogP contribution in [0, 0.1) is 5.92 Å². The first-order valence-corrected chi connectivity index (χ1v) is 11.5. The second-order valence-corrected chi connectivity index (χ2v) is 8.99. The van der Waals surface area contributed by atoms with E-state index in [2.05, 4.69) is 13.8 Å². The van der Waals surface area contributed by atoms with Gasteiger partial charge in [0.1, 0.15) is 0 Å². The Morgan fingerprint density at radius 3 is 2.29 bits per heavy atom. The third-order valence-corrected chi connectivity index (χ3v) is 5.88. The lowest BCUT2D eigenvalue weighted by molar-refractivity contribution is -0.137. The minimum absolute atomic E-state index is 0.0447. The van der Waals surface area contributed by atoms with Gasteiger partial charge in [0, 0.05) is 31.6 Å². The van der Waals surface area contributed by atoms with Crippen LogP contribution in [0.4, 0.5) is 13.2 Å². The highest BCUT2D eigenvalue weighted by molar-refractivity contribution is 5.94. The van der Waals surface area contributed by atoms with Crippen molar-refractivity contribution in [2.45, 2.75) is 45.5 Å². The maximum Gasteiger partial charge on any atom is 0.416 e. The van der Waals surface area contributed by atoms with Gasteiger partial charge < -0.3 is 14.5 Å². The van der Waals surface area contributed by atoms with Crippen LogP contribution in [0.1, 0.15) is 48.2 Å². The number of amides is 2. The van der Waals surface area contributed by atoms with Gasteiger partial charge in [0.25, 0.3) is 5.91 Å². The van der Waals surface area contributed by atoms with Gasteiger partial charge >= 0.3 is 6.18 Å². The van der Waals surface area contributed by atoms with Crippen molar-refractivity contribution in [1.29, 1.82) is 0 Å². The zero-order valence-electron chi connectivity index (χ0n) is 19.6. The molecule has 0 unspecified atom stereocenters. The Balaban J connectivity index is 1.64. The number of nitrogens with zero attached hydrogens (tertiary/aromatic N) is 2. The fourth-order valence-corrected chi connectivity index (χ4v) is 4.13. The van der Waals surface area contributed by atoms with Crippen molar-refractivity contribution in [3.8, 4) is 0 Å². The molecule has 1 heterocycles. The number of hydrogen-bond donors (Lipinski definition) is 0. The number of rotatable bonds is 8. The van der Waals surface area contributed by atoms with E-state index in [0.29, 0.717) is 32.2 Å². The predicted molar refractivity (Wildman–Crippen MR) is 123 cm³/mol. The van der Waals surface area contributed by atoms with E-state index in [1.807, 2.05) is 30.3 Å². The van der Waals surface area contributed by atoms with Crippen molar-refractivity contribution >= 4 is 11.8 Å². The van der Waals surface area contributed by atoms with Gasteiger partial charge in [-0.05, 0) is 42.2 Å². The Hall–Kier alpha value is -2.87. The van der Waals surface area contributed by atoms with E-state index < -0.39 is 11.7 Å². The molecule has 0 bridgehead atoms. The monoisotopic (exact) mass is 476 g/mol. The van der Waals surface area contributed by atoms with E-state index in [4.69, 9.17) is 4.74 Å². The summed E-state index contributed by atoms with van der Waals surface area (Å²) in [7, 11) is 0. The molecular formula is C26H31F3N2O3. The minimum Gasteiger partial charge on any atom is -0.375 e. The molecule has 2 amide bonds. The smallest absolute Gasteiger partial charge is 0.375 e. The van der Waals surface area contributed by atoms with Crippen molar-refractivity contribution in [1.82, 2.24) is 9.80 Å². The van der Waals surface area contributed by atoms with Crippen molar-refractivity contribution in [3.05, 3.63) is 71.3 Å². The molecule has 0 saturated carbocycles. The Bertz CT molecular complexity index is 946. The van der Waals surface area contributed by atoms with Gasteiger partial charge in [-0.15, -0.1) is 0 Å². The second kappa shape index (κ2) is 11.5. The van der Waals surface area contributed by atoms with Gasteiger partial charge in [-0.2, -0.15) is 13.2 Å². The highest BCUT2D eigenvalue weighted by atomic mass is 19.4. The summed E-state index contributed by atoms with van der Waals surface area (Å²) in [5.74, 6) is -0.0629. The Morgan fingerprint density at radius 1 is 1.00 bits per heavy atom. The molecule has 0 spiro atoms. The molecule has 0 N–H and O–H groups in total. The van der Waals surface area contributed by atoms with Crippen LogP contribution in [0.3, 0.4) is 0 Å². The molecule has 0 aromatic heterocycles. The average molecular weight is 477 g/mol. The Kier molecular flexibility index (Phi) is 8.72. The molecular weight excluding hydrogens is 445 g/mol. The third kappa shape index (κ3) is 7.06. The van der Waals surface area contributed by atoms with E-state index >= 15 is 0 Å². The zero-order valence-corrected chi connectivity index (χ0v) is 19.6. The lowest BCUT2D eigenvalue weighted by Crippen LogP contribution is -2.45. The van der Waals surface area contributed by atoms with Crippen molar-refractivity contribution < 1.29 is 27.5 Å². The molecule has 1 aliphatic rings. The maximum absolute atomic E-state index is 12.9. The summed E-state index contributed by atoms with van der Waals surface area (Å²) in [6.07, 6.45) is -3.52. The molecule has 2 aromatic carbocycles. The topological polar surface area (TPSA) is 49.9 Å².